The van der Waals surface area contributed by atoms with E-state index < -0.39 is 0 Å². The molecule has 0 saturated heterocycles. The average Bonchev–Trinajstić information content (AvgIpc) is 3.28. The van der Waals surface area contributed by atoms with Crippen molar-refractivity contribution in [1.29, 1.82) is 0 Å². The van der Waals surface area contributed by atoms with Gasteiger partial charge in [-0.15, -0.1) is 24.0 Å². The van der Waals surface area contributed by atoms with Gasteiger partial charge in [0, 0.05) is 44.2 Å². The molecule has 0 saturated carbocycles. The maximum absolute atomic E-state index is 5.45. The molecule has 0 spiro atoms. The highest BCUT2D eigenvalue weighted by molar-refractivity contribution is 14.0. The van der Waals surface area contributed by atoms with Crippen LogP contribution in [0.2, 0.25) is 0 Å². The van der Waals surface area contributed by atoms with Crippen LogP contribution in [-0.4, -0.2) is 36.8 Å². The molecular formula is C21H26IN5O2. The maximum Gasteiger partial charge on any atom is 0.191 e. The molecule has 0 radical (unpaired) electrons. The van der Waals surface area contributed by atoms with Crippen LogP contribution in [-0.2, 0) is 13.1 Å². The molecule has 2 N–H and O–H groups in total. The first-order valence-electron chi connectivity index (χ1n) is 8.96. The minimum Gasteiger partial charge on any atom is -0.497 e. The van der Waals surface area contributed by atoms with Crippen LogP contribution in [0.5, 0.6) is 11.5 Å². The topological polar surface area (TPSA) is 72.7 Å². The Morgan fingerprint density at radius 3 is 2.45 bits per heavy atom. The summed E-state index contributed by atoms with van der Waals surface area (Å²) >= 11 is 0. The number of methoxy groups -OCH3 is 2. The van der Waals surface area contributed by atoms with Crippen LogP contribution in [0.25, 0.3) is 5.69 Å². The fourth-order valence-corrected chi connectivity index (χ4v) is 2.89. The van der Waals surface area contributed by atoms with E-state index in [1.807, 2.05) is 41.1 Å². The highest BCUT2D eigenvalue weighted by atomic mass is 127. The molecule has 0 aliphatic heterocycles. The molecule has 29 heavy (non-hydrogen) atoms. The van der Waals surface area contributed by atoms with E-state index in [0.29, 0.717) is 19.0 Å². The second-order valence-electron chi connectivity index (χ2n) is 6.06. The summed E-state index contributed by atoms with van der Waals surface area (Å²) in [5.41, 5.74) is 3.25. The minimum absolute atomic E-state index is 0. The lowest BCUT2D eigenvalue weighted by atomic mass is 10.1. The Balaban J connectivity index is 0.00000300. The number of hydrogen-bond acceptors (Lipinski definition) is 4. The van der Waals surface area contributed by atoms with Crippen LogP contribution in [0.1, 0.15) is 11.1 Å². The van der Waals surface area contributed by atoms with Crippen LogP contribution < -0.4 is 20.1 Å². The quantitative estimate of drug-likeness (QED) is 0.292. The standard InChI is InChI=1S/C21H25N5O2.HI/c1-22-21(25-14-17-8-9-18(27-2)12-20(17)28-3)24-13-16-6-4-5-7-19(16)26-11-10-23-15-26;/h4-12,15H,13-14H2,1-3H3,(H2,22,24,25);1H. The molecule has 3 rings (SSSR count). The first-order chi connectivity index (χ1) is 13.7. The summed E-state index contributed by atoms with van der Waals surface area (Å²) in [6.07, 6.45) is 5.50. The number of aliphatic imine (C=N–C) groups is 1. The molecule has 1 aromatic heterocycles. The molecule has 0 amide bonds. The van der Waals surface area contributed by atoms with E-state index in [1.165, 1.54) is 0 Å². The van der Waals surface area contributed by atoms with Gasteiger partial charge in [0.2, 0.25) is 0 Å². The maximum atomic E-state index is 5.45. The normalized spacial score (nSPS) is 10.8. The Hall–Kier alpha value is -2.75. The van der Waals surface area contributed by atoms with Gasteiger partial charge >= 0.3 is 0 Å². The van der Waals surface area contributed by atoms with Crippen molar-refractivity contribution in [1.82, 2.24) is 20.2 Å². The van der Waals surface area contributed by atoms with Gasteiger partial charge in [-0.3, -0.25) is 4.99 Å². The van der Waals surface area contributed by atoms with Gasteiger partial charge in [-0.2, -0.15) is 0 Å². The number of rotatable bonds is 7. The van der Waals surface area contributed by atoms with Crippen LogP contribution in [0.15, 0.2) is 66.2 Å². The number of imidazole rings is 1. The largest absolute Gasteiger partial charge is 0.497 e. The van der Waals surface area contributed by atoms with E-state index >= 15 is 0 Å². The van der Waals surface area contributed by atoms with Crippen LogP contribution in [0, 0.1) is 0 Å². The predicted molar refractivity (Wildman–Crippen MR) is 126 cm³/mol. The fourth-order valence-electron chi connectivity index (χ4n) is 2.89. The number of nitrogens with one attached hydrogen (secondary N) is 2. The van der Waals surface area contributed by atoms with Gasteiger partial charge in [0.15, 0.2) is 5.96 Å². The fraction of sp³-hybridized carbons (Fsp3) is 0.238. The molecule has 0 atom stereocenters. The lowest BCUT2D eigenvalue weighted by Crippen LogP contribution is -2.36. The van der Waals surface area contributed by atoms with E-state index in [9.17, 15) is 0 Å². The van der Waals surface area contributed by atoms with Crippen molar-refractivity contribution in [3.05, 3.63) is 72.3 Å². The second-order valence-corrected chi connectivity index (χ2v) is 6.06. The summed E-state index contributed by atoms with van der Waals surface area (Å²) in [5, 5.41) is 6.68. The van der Waals surface area contributed by atoms with Gasteiger partial charge < -0.3 is 24.7 Å². The van der Waals surface area contributed by atoms with Crippen molar-refractivity contribution in [2.75, 3.05) is 21.3 Å². The van der Waals surface area contributed by atoms with Crippen LogP contribution >= 0.6 is 24.0 Å². The Bertz CT molecular complexity index is 929. The smallest absolute Gasteiger partial charge is 0.191 e. The third kappa shape index (κ3) is 5.86. The van der Waals surface area contributed by atoms with Crippen molar-refractivity contribution in [2.24, 2.45) is 4.99 Å². The van der Waals surface area contributed by atoms with Gasteiger partial charge in [0.25, 0.3) is 0 Å². The van der Waals surface area contributed by atoms with Crippen LogP contribution in [0.4, 0.5) is 0 Å². The lowest BCUT2D eigenvalue weighted by molar-refractivity contribution is 0.390. The third-order valence-corrected chi connectivity index (χ3v) is 4.38. The average molecular weight is 507 g/mol. The number of nitrogens with zero attached hydrogens (tertiary/aromatic N) is 3. The number of hydrogen-bond donors (Lipinski definition) is 2. The summed E-state index contributed by atoms with van der Waals surface area (Å²) in [7, 11) is 5.04. The van der Waals surface area contributed by atoms with E-state index in [1.54, 1.807) is 33.8 Å². The molecule has 154 valence electrons. The zero-order valence-corrected chi connectivity index (χ0v) is 19.1. The molecule has 3 aromatic rings. The Morgan fingerprint density at radius 2 is 1.79 bits per heavy atom. The van der Waals surface area contributed by atoms with Gasteiger partial charge in [-0.05, 0) is 23.8 Å². The van der Waals surface area contributed by atoms with Crippen molar-refractivity contribution in [2.45, 2.75) is 13.1 Å². The van der Waals surface area contributed by atoms with Gasteiger partial charge in [0.05, 0.1) is 26.2 Å². The zero-order chi connectivity index (χ0) is 19.8. The van der Waals surface area contributed by atoms with Gasteiger partial charge in [-0.1, -0.05) is 18.2 Å². The SMILES string of the molecule is CN=C(NCc1ccc(OC)cc1OC)NCc1ccccc1-n1ccnc1.I. The molecule has 0 aliphatic carbocycles. The number of aromatic nitrogens is 2. The molecule has 7 nitrogen and oxygen atoms in total. The molecule has 2 aromatic carbocycles. The van der Waals surface area contributed by atoms with Crippen molar-refractivity contribution in [3.63, 3.8) is 0 Å². The van der Waals surface area contributed by atoms with Crippen LogP contribution in [0.3, 0.4) is 0 Å². The number of halogens is 1. The second kappa shape index (κ2) is 11.3. The summed E-state index contributed by atoms with van der Waals surface area (Å²) in [6, 6.07) is 14.0. The Kier molecular flexibility index (Phi) is 8.78. The van der Waals surface area contributed by atoms with Gasteiger partial charge in [-0.25, -0.2) is 4.98 Å². The molecule has 0 fully saturated rings. The molecule has 1 heterocycles. The van der Waals surface area contributed by atoms with E-state index in [4.69, 9.17) is 9.47 Å². The van der Waals surface area contributed by atoms with E-state index in [-0.39, 0.29) is 24.0 Å². The monoisotopic (exact) mass is 507 g/mol. The molecule has 0 bridgehead atoms. The van der Waals surface area contributed by atoms with E-state index in [0.717, 1.165) is 28.3 Å². The number of ether oxygens (including phenoxy) is 2. The molecular weight excluding hydrogens is 481 g/mol. The first kappa shape index (κ1) is 22.5. The number of benzene rings is 2. The molecule has 0 aliphatic rings. The Labute approximate surface area is 188 Å². The Morgan fingerprint density at radius 1 is 1.03 bits per heavy atom. The van der Waals surface area contributed by atoms with Gasteiger partial charge in [0.1, 0.15) is 11.5 Å². The molecule has 0 unspecified atom stereocenters. The minimum atomic E-state index is 0. The van der Waals surface area contributed by atoms with Crippen molar-refractivity contribution in [3.8, 4) is 17.2 Å². The van der Waals surface area contributed by atoms with Crippen molar-refractivity contribution < 1.29 is 9.47 Å². The number of guanidine groups is 1. The summed E-state index contributed by atoms with van der Waals surface area (Å²) in [4.78, 5) is 8.44. The number of para-hydroxylation sites is 1. The first-order valence-corrected chi connectivity index (χ1v) is 8.96. The predicted octanol–water partition coefficient (Wildman–Crippen LogP) is 3.37. The summed E-state index contributed by atoms with van der Waals surface area (Å²) in [5.74, 6) is 2.24. The molecule has 8 heteroatoms. The van der Waals surface area contributed by atoms with E-state index in [2.05, 4.69) is 32.7 Å². The lowest BCUT2D eigenvalue weighted by Gasteiger charge is -2.16. The third-order valence-electron chi connectivity index (χ3n) is 4.38. The zero-order valence-electron chi connectivity index (χ0n) is 16.8. The summed E-state index contributed by atoms with van der Waals surface area (Å²) < 4.78 is 12.7. The highest BCUT2D eigenvalue weighted by Crippen LogP contribution is 2.24. The summed E-state index contributed by atoms with van der Waals surface area (Å²) in [6.45, 7) is 1.21. The van der Waals surface area contributed by atoms with Crippen molar-refractivity contribution >= 4 is 29.9 Å². The highest BCUT2D eigenvalue weighted by Gasteiger charge is 2.08.